The molecule has 6 nitrogen and oxygen atoms in total. The van der Waals surface area contributed by atoms with E-state index in [4.69, 9.17) is 5.73 Å². The van der Waals surface area contributed by atoms with E-state index in [2.05, 4.69) is 20.1 Å². The van der Waals surface area contributed by atoms with Crippen LogP contribution >= 0.6 is 0 Å². The summed E-state index contributed by atoms with van der Waals surface area (Å²) in [5.74, 6) is 1.13. The molecule has 0 bridgehead atoms. The molecule has 6 heteroatoms. The molecule has 1 unspecified atom stereocenters. The van der Waals surface area contributed by atoms with Gasteiger partial charge in [0.2, 0.25) is 5.95 Å². The summed E-state index contributed by atoms with van der Waals surface area (Å²) in [6.45, 7) is 3.17. The number of anilines is 2. The Labute approximate surface area is 129 Å². The monoisotopic (exact) mass is 297 g/mol. The van der Waals surface area contributed by atoms with Crippen molar-refractivity contribution in [1.82, 2.24) is 15.2 Å². The Balaban J connectivity index is 1.98. The molecule has 1 saturated heterocycles. The largest absolute Gasteiger partial charge is 0.366 e. The summed E-state index contributed by atoms with van der Waals surface area (Å²) in [5, 5.41) is 8.15. The number of rotatable bonds is 3. The van der Waals surface area contributed by atoms with Gasteiger partial charge in [-0.05, 0) is 19.8 Å². The van der Waals surface area contributed by atoms with E-state index in [1.54, 1.807) is 6.92 Å². The molecule has 0 radical (unpaired) electrons. The molecule has 0 aliphatic carbocycles. The first-order valence-electron chi connectivity index (χ1n) is 7.46. The van der Waals surface area contributed by atoms with Gasteiger partial charge < -0.3 is 10.6 Å². The summed E-state index contributed by atoms with van der Waals surface area (Å²) in [7, 11) is 0. The molecule has 114 valence electrons. The maximum Gasteiger partial charge on any atom is 0.240 e. The topological polar surface area (TPSA) is 85.0 Å². The number of nitrogens with two attached hydrogens (primary N) is 1. The maximum absolute atomic E-state index is 11.7. The van der Waals surface area contributed by atoms with E-state index in [0.717, 1.165) is 30.6 Å². The van der Waals surface area contributed by atoms with E-state index in [1.807, 2.05) is 30.3 Å². The fourth-order valence-corrected chi connectivity index (χ4v) is 2.84. The van der Waals surface area contributed by atoms with Crippen molar-refractivity contribution in [3.05, 3.63) is 30.3 Å². The van der Waals surface area contributed by atoms with Gasteiger partial charge in [0, 0.05) is 24.6 Å². The number of Topliss-reactive ketones (excluding diaryl/α,β-unsaturated/α-hetero) is 1. The minimum atomic E-state index is 0.0525. The fourth-order valence-electron chi connectivity index (χ4n) is 2.84. The van der Waals surface area contributed by atoms with Gasteiger partial charge in [0.15, 0.2) is 5.82 Å². The van der Waals surface area contributed by atoms with Crippen LogP contribution in [-0.2, 0) is 4.79 Å². The zero-order valence-electron chi connectivity index (χ0n) is 12.6. The van der Waals surface area contributed by atoms with Gasteiger partial charge in [0.1, 0.15) is 11.5 Å². The van der Waals surface area contributed by atoms with Crippen LogP contribution in [-0.4, -0.2) is 34.1 Å². The van der Waals surface area contributed by atoms with Crippen LogP contribution < -0.4 is 10.6 Å². The van der Waals surface area contributed by atoms with Crippen LogP contribution in [0.3, 0.4) is 0 Å². The highest BCUT2D eigenvalue weighted by Crippen LogP contribution is 2.30. The molecule has 1 aromatic heterocycles. The Morgan fingerprint density at radius 1 is 1.27 bits per heavy atom. The van der Waals surface area contributed by atoms with E-state index >= 15 is 0 Å². The second-order valence-electron chi connectivity index (χ2n) is 5.60. The van der Waals surface area contributed by atoms with Gasteiger partial charge in [-0.2, -0.15) is 0 Å². The number of aromatic nitrogens is 3. The Bertz CT molecular complexity index is 673. The summed E-state index contributed by atoms with van der Waals surface area (Å²) in [6, 6.07) is 9.80. The summed E-state index contributed by atoms with van der Waals surface area (Å²) >= 11 is 0. The third-order valence-corrected chi connectivity index (χ3v) is 4.03. The van der Waals surface area contributed by atoms with E-state index < -0.39 is 0 Å². The van der Waals surface area contributed by atoms with Crippen molar-refractivity contribution in [1.29, 1.82) is 0 Å². The first kappa shape index (κ1) is 14.4. The lowest BCUT2D eigenvalue weighted by Gasteiger charge is -2.32. The molecule has 0 spiro atoms. The first-order valence-corrected chi connectivity index (χ1v) is 7.46. The van der Waals surface area contributed by atoms with Crippen LogP contribution in [0.5, 0.6) is 0 Å². The van der Waals surface area contributed by atoms with Crippen molar-refractivity contribution < 1.29 is 4.79 Å². The highest BCUT2D eigenvalue weighted by molar-refractivity contribution is 5.80. The van der Waals surface area contributed by atoms with Crippen molar-refractivity contribution >= 4 is 17.5 Å². The number of benzene rings is 1. The summed E-state index contributed by atoms with van der Waals surface area (Å²) in [4.78, 5) is 18.1. The number of carbonyl (C=O) groups is 1. The van der Waals surface area contributed by atoms with Crippen molar-refractivity contribution in [3.63, 3.8) is 0 Å². The molecule has 0 amide bonds. The van der Waals surface area contributed by atoms with E-state index in [9.17, 15) is 4.79 Å². The molecule has 2 N–H and O–H groups in total. The van der Waals surface area contributed by atoms with Crippen LogP contribution in [0.25, 0.3) is 11.3 Å². The second kappa shape index (κ2) is 6.09. The van der Waals surface area contributed by atoms with Crippen LogP contribution in [0, 0.1) is 5.92 Å². The van der Waals surface area contributed by atoms with Gasteiger partial charge in [-0.25, -0.2) is 4.98 Å². The molecule has 2 heterocycles. The number of hydrogen-bond donors (Lipinski definition) is 1. The lowest BCUT2D eigenvalue weighted by molar-refractivity contribution is -0.120. The number of nitrogen functional groups attached to an aromatic ring is 1. The molecule has 22 heavy (non-hydrogen) atoms. The Morgan fingerprint density at radius 2 is 2.05 bits per heavy atom. The highest BCUT2D eigenvalue weighted by atomic mass is 16.1. The maximum atomic E-state index is 11.7. The van der Waals surface area contributed by atoms with Crippen LogP contribution in [0.1, 0.15) is 19.8 Å². The van der Waals surface area contributed by atoms with Gasteiger partial charge in [-0.15, -0.1) is 10.2 Å². The smallest absolute Gasteiger partial charge is 0.240 e. The van der Waals surface area contributed by atoms with Gasteiger partial charge in [0.05, 0.1) is 0 Å². The summed E-state index contributed by atoms with van der Waals surface area (Å²) in [5.41, 5.74) is 7.38. The molecule has 2 aromatic rings. The summed E-state index contributed by atoms with van der Waals surface area (Å²) < 4.78 is 0. The third-order valence-electron chi connectivity index (χ3n) is 4.03. The standard InChI is InChI=1S/C16H19N5O/c1-11(22)13-8-5-9-21(10-13)15-14(18-16(17)20-19-15)12-6-3-2-4-7-12/h2-4,6-7,13H,5,8-10H2,1H3,(H2,17,18,20). The average Bonchev–Trinajstić information content (AvgIpc) is 2.55. The SMILES string of the molecule is CC(=O)C1CCCN(c2nnc(N)nc2-c2ccccc2)C1. The Morgan fingerprint density at radius 3 is 2.77 bits per heavy atom. The molecule has 1 aliphatic rings. The van der Waals surface area contributed by atoms with Gasteiger partial charge in [-0.1, -0.05) is 30.3 Å². The minimum absolute atomic E-state index is 0.0525. The zero-order valence-corrected chi connectivity index (χ0v) is 12.6. The fraction of sp³-hybridized carbons (Fsp3) is 0.375. The minimum Gasteiger partial charge on any atom is -0.366 e. The van der Waals surface area contributed by atoms with Crippen molar-refractivity contribution in [2.45, 2.75) is 19.8 Å². The van der Waals surface area contributed by atoms with Crippen LogP contribution in [0.15, 0.2) is 30.3 Å². The predicted molar refractivity (Wildman–Crippen MR) is 85.3 cm³/mol. The number of carbonyl (C=O) groups excluding carboxylic acids is 1. The molecule has 1 fully saturated rings. The molecule has 0 saturated carbocycles. The molecule has 1 aromatic carbocycles. The Hall–Kier alpha value is -2.50. The second-order valence-corrected chi connectivity index (χ2v) is 5.60. The molecule has 1 atom stereocenters. The number of hydrogen-bond acceptors (Lipinski definition) is 6. The van der Waals surface area contributed by atoms with Crippen molar-refractivity contribution in [2.75, 3.05) is 23.7 Å². The van der Waals surface area contributed by atoms with E-state index in [1.165, 1.54) is 0 Å². The molecule has 1 aliphatic heterocycles. The molecule has 3 rings (SSSR count). The quantitative estimate of drug-likeness (QED) is 0.931. The predicted octanol–water partition coefficient (Wildman–Crippen LogP) is 1.93. The lowest BCUT2D eigenvalue weighted by Crippen LogP contribution is -2.39. The number of ketones is 1. The third kappa shape index (κ3) is 2.90. The van der Waals surface area contributed by atoms with Gasteiger partial charge in [0.25, 0.3) is 0 Å². The van der Waals surface area contributed by atoms with Crippen molar-refractivity contribution in [2.24, 2.45) is 5.92 Å². The molecular weight excluding hydrogens is 278 g/mol. The molecular formula is C16H19N5O. The Kier molecular flexibility index (Phi) is 4.00. The average molecular weight is 297 g/mol. The van der Waals surface area contributed by atoms with Crippen molar-refractivity contribution in [3.8, 4) is 11.3 Å². The van der Waals surface area contributed by atoms with E-state index in [0.29, 0.717) is 12.4 Å². The van der Waals surface area contributed by atoms with Crippen LogP contribution in [0.4, 0.5) is 11.8 Å². The highest BCUT2D eigenvalue weighted by Gasteiger charge is 2.26. The van der Waals surface area contributed by atoms with Gasteiger partial charge >= 0.3 is 0 Å². The normalized spacial score (nSPS) is 18.2. The van der Waals surface area contributed by atoms with Crippen LogP contribution in [0.2, 0.25) is 0 Å². The first-order chi connectivity index (χ1) is 10.6. The zero-order chi connectivity index (χ0) is 15.5. The summed E-state index contributed by atoms with van der Waals surface area (Å²) in [6.07, 6.45) is 1.90. The number of nitrogens with zero attached hydrogens (tertiary/aromatic N) is 4. The van der Waals surface area contributed by atoms with Gasteiger partial charge in [-0.3, -0.25) is 4.79 Å². The number of piperidine rings is 1. The van der Waals surface area contributed by atoms with E-state index in [-0.39, 0.29) is 17.6 Å². The lowest BCUT2D eigenvalue weighted by atomic mass is 9.94.